The Hall–Kier alpha value is -0.500. The lowest BCUT2D eigenvalue weighted by molar-refractivity contribution is -0.0572. The van der Waals surface area contributed by atoms with E-state index in [4.69, 9.17) is 4.84 Å². The maximum Gasteiger partial charge on any atom is 0.0880 e. The van der Waals surface area contributed by atoms with Crippen LogP contribution in [0.3, 0.4) is 0 Å². The van der Waals surface area contributed by atoms with E-state index in [9.17, 15) is 0 Å². The number of nitrogens with one attached hydrogen (secondary N) is 1. The Morgan fingerprint density at radius 2 is 2.40 bits per heavy atom. The van der Waals surface area contributed by atoms with Crippen LogP contribution < -0.4 is 5.48 Å². The average Bonchev–Trinajstić information content (AvgIpc) is 1.88. The zero-order chi connectivity index (χ0) is 7.56. The third-order valence-electron chi connectivity index (χ3n) is 1.83. The smallest absolute Gasteiger partial charge is 0.0880 e. The van der Waals surface area contributed by atoms with Gasteiger partial charge in [0.1, 0.15) is 0 Å². The second-order valence-electron chi connectivity index (χ2n) is 3.14. The van der Waals surface area contributed by atoms with E-state index in [1.807, 2.05) is 0 Å². The van der Waals surface area contributed by atoms with E-state index in [2.05, 4.69) is 25.9 Å². The van der Waals surface area contributed by atoms with Crippen molar-refractivity contribution in [3.05, 3.63) is 12.3 Å². The van der Waals surface area contributed by atoms with Gasteiger partial charge in [-0.1, -0.05) is 20.4 Å². The van der Waals surface area contributed by atoms with E-state index >= 15 is 0 Å². The number of hydroxylamine groups is 1. The predicted molar refractivity (Wildman–Crippen MR) is 41.2 cm³/mol. The normalized spacial score (nSPS) is 26.7. The second kappa shape index (κ2) is 3.06. The molecular weight excluding hydrogens is 126 g/mol. The molecule has 0 radical (unpaired) electrons. The highest BCUT2D eigenvalue weighted by Gasteiger charge is 2.18. The third kappa shape index (κ3) is 1.74. The van der Waals surface area contributed by atoms with Crippen LogP contribution in [-0.4, -0.2) is 6.10 Å². The molecule has 1 unspecified atom stereocenters. The number of rotatable bonds is 1. The molecule has 58 valence electrons. The Labute approximate surface area is 62.2 Å². The van der Waals surface area contributed by atoms with Crippen molar-refractivity contribution in [2.75, 3.05) is 0 Å². The average molecular weight is 141 g/mol. The zero-order valence-corrected chi connectivity index (χ0v) is 6.68. The molecular formula is C8H15NO. The first kappa shape index (κ1) is 7.61. The van der Waals surface area contributed by atoms with Crippen molar-refractivity contribution in [3.8, 4) is 0 Å². The molecule has 2 nitrogen and oxygen atoms in total. The molecule has 0 saturated carbocycles. The van der Waals surface area contributed by atoms with Crippen LogP contribution in [0.15, 0.2) is 12.3 Å². The van der Waals surface area contributed by atoms with Crippen molar-refractivity contribution in [1.29, 1.82) is 0 Å². The molecule has 0 spiro atoms. The zero-order valence-electron chi connectivity index (χ0n) is 6.68. The molecule has 1 fully saturated rings. The highest BCUT2D eigenvalue weighted by Crippen LogP contribution is 2.18. The van der Waals surface area contributed by atoms with E-state index < -0.39 is 0 Å². The molecule has 0 amide bonds. The van der Waals surface area contributed by atoms with Gasteiger partial charge in [0.15, 0.2) is 0 Å². The van der Waals surface area contributed by atoms with E-state index in [1.165, 1.54) is 0 Å². The van der Waals surface area contributed by atoms with Gasteiger partial charge in [-0.2, -0.15) is 0 Å². The van der Waals surface area contributed by atoms with Crippen LogP contribution >= 0.6 is 0 Å². The summed E-state index contributed by atoms with van der Waals surface area (Å²) >= 11 is 0. The number of hydrogen-bond donors (Lipinski definition) is 1. The summed E-state index contributed by atoms with van der Waals surface area (Å²) in [5, 5.41) is 0. The van der Waals surface area contributed by atoms with Crippen molar-refractivity contribution in [1.82, 2.24) is 5.48 Å². The SMILES string of the molecule is C=C1CCC(C(C)C)ON1. The summed E-state index contributed by atoms with van der Waals surface area (Å²) in [4.78, 5) is 5.30. The first-order chi connectivity index (χ1) is 4.70. The molecule has 2 heteroatoms. The van der Waals surface area contributed by atoms with E-state index in [0.29, 0.717) is 12.0 Å². The topological polar surface area (TPSA) is 21.3 Å². The highest BCUT2D eigenvalue weighted by molar-refractivity contribution is 4.91. The van der Waals surface area contributed by atoms with Gasteiger partial charge in [-0.05, 0) is 18.8 Å². The van der Waals surface area contributed by atoms with Crippen LogP contribution in [0.25, 0.3) is 0 Å². The lowest BCUT2D eigenvalue weighted by atomic mass is 10.0. The quantitative estimate of drug-likeness (QED) is 0.601. The molecule has 0 aromatic carbocycles. The second-order valence-corrected chi connectivity index (χ2v) is 3.14. The van der Waals surface area contributed by atoms with Crippen molar-refractivity contribution in [3.63, 3.8) is 0 Å². The molecule has 1 atom stereocenters. The van der Waals surface area contributed by atoms with Crippen LogP contribution in [0.4, 0.5) is 0 Å². The van der Waals surface area contributed by atoms with Gasteiger partial charge in [0, 0.05) is 5.70 Å². The Bertz CT molecular complexity index is 121. The fourth-order valence-corrected chi connectivity index (χ4v) is 1.05. The van der Waals surface area contributed by atoms with Gasteiger partial charge in [0.2, 0.25) is 0 Å². The largest absolute Gasteiger partial charge is 0.273 e. The summed E-state index contributed by atoms with van der Waals surface area (Å²) in [6, 6.07) is 0. The van der Waals surface area contributed by atoms with Gasteiger partial charge >= 0.3 is 0 Å². The molecule has 0 bridgehead atoms. The van der Waals surface area contributed by atoms with Crippen LogP contribution in [0.2, 0.25) is 0 Å². The van der Waals surface area contributed by atoms with Crippen molar-refractivity contribution in [2.45, 2.75) is 32.8 Å². The van der Waals surface area contributed by atoms with E-state index in [0.717, 1.165) is 18.5 Å². The van der Waals surface area contributed by atoms with Gasteiger partial charge in [-0.15, -0.1) is 0 Å². The maximum absolute atomic E-state index is 5.30. The molecule has 1 heterocycles. The minimum atomic E-state index is 0.366. The molecule has 1 saturated heterocycles. The summed E-state index contributed by atoms with van der Waals surface area (Å²) in [6.45, 7) is 8.11. The summed E-state index contributed by atoms with van der Waals surface area (Å²) in [7, 11) is 0. The first-order valence-electron chi connectivity index (χ1n) is 3.79. The third-order valence-corrected chi connectivity index (χ3v) is 1.83. The number of hydrogen-bond acceptors (Lipinski definition) is 2. The molecule has 0 aromatic heterocycles. The summed E-state index contributed by atoms with van der Waals surface area (Å²) in [5.74, 6) is 0.598. The fraction of sp³-hybridized carbons (Fsp3) is 0.750. The van der Waals surface area contributed by atoms with E-state index in [-0.39, 0.29) is 0 Å². The monoisotopic (exact) mass is 141 g/mol. The summed E-state index contributed by atoms with van der Waals surface area (Å²) < 4.78 is 0. The van der Waals surface area contributed by atoms with Gasteiger partial charge in [-0.25, -0.2) is 0 Å². The minimum Gasteiger partial charge on any atom is -0.273 e. The van der Waals surface area contributed by atoms with Crippen LogP contribution in [0.5, 0.6) is 0 Å². The van der Waals surface area contributed by atoms with Crippen LogP contribution in [-0.2, 0) is 4.84 Å². The molecule has 1 aliphatic heterocycles. The van der Waals surface area contributed by atoms with Crippen LogP contribution in [0.1, 0.15) is 26.7 Å². The van der Waals surface area contributed by atoms with E-state index in [1.54, 1.807) is 0 Å². The van der Waals surface area contributed by atoms with Gasteiger partial charge in [-0.3, -0.25) is 10.3 Å². The lowest BCUT2D eigenvalue weighted by Crippen LogP contribution is -2.32. The molecule has 0 aliphatic carbocycles. The molecule has 1 aliphatic rings. The van der Waals surface area contributed by atoms with Crippen LogP contribution in [0, 0.1) is 5.92 Å². The summed E-state index contributed by atoms with van der Waals surface area (Å²) in [6.07, 6.45) is 2.51. The Morgan fingerprint density at radius 1 is 1.70 bits per heavy atom. The van der Waals surface area contributed by atoms with Gasteiger partial charge in [0.25, 0.3) is 0 Å². The van der Waals surface area contributed by atoms with Crippen molar-refractivity contribution < 1.29 is 4.84 Å². The fourth-order valence-electron chi connectivity index (χ4n) is 1.05. The molecule has 0 aromatic rings. The maximum atomic E-state index is 5.30. The lowest BCUT2D eigenvalue weighted by Gasteiger charge is -2.27. The standard InChI is InChI=1S/C8H15NO/c1-6(2)8-5-4-7(3)9-10-8/h6,8-9H,3-5H2,1-2H3. The summed E-state index contributed by atoms with van der Waals surface area (Å²) in [5.41, 5.74) is 3.82. The van der Waals surface area contributed by atoms with Gasteiger partial charge in [0.05, 0.1) is 6.10 Å². The van der Waals surface area contributed by atoms with Crippen molar-refractivity contribution >= 4 is 0 Å². The minimum absolute atomic E-state index is 0.366. The first-order valence-corrected chi connectivity index (χ1v) is 3.79. The Morgan fingerprint density at radius 3 is 2.80 bits per heavy atom. The molecule has 1 N–H and O–H groups in total. The predicted octanol–water partition coefficient (Wildman–Crippen LogP) is 1.84. The number of allylic oxidation sites excluding steroid dienone is 1. The Balaban J connectivity index is 2.33. The van der Waals surface area contributed by atoms with Crippen molar-refractivity contribution in [2.24, 2.45) is 5.92 Å². The molecule has 10 heavy (non-hydrogen) atoms. The molecule has 1 rings (SSSR count). The highest BCUT2D eigenvalue weighted by atomic mass is 16.7. The Kier molecular flexibility index (Phi) is 2.33. The van der Waals surface area contributed by atoms with Gasteiger partial charge < -0.3 is 0 Å².